The lowest BCUT2D eigenvalue weighted by Gasteiger charge is -2.22. The Hall–Kier alpha value is -3.87. The topological polar surface area (TPSA) is 95.6 Å². The quantitative estimate of drug-likeness (QED) is 0.732. The van der Waals surface area contributed by atoms with Crippen molar-refractivity contribution in [1.29, 1.82) is 10.5 Å². The van der Waals surface area contributed by atoms with E-state index in [0.717, 1.165) is 11.1 Å². The standard InChI is InChI=1S/C22H14N4OS/c23-12-16-19(15-9-5-2-6-10-15)17(13-24)22-26(20(16)25)21(27)18(28-22)11-14-7-3-1-4-8-14/h1-11,19H,25H2/b18-11+/t19-/m0/s1. The van der Waals surface area contributed by atoms with E-state index >= 15 is 0 Å². The molecule has 0 amide bonds. The maximum Gasteiger partial charge on any atom is 0.274 e. The average Bonchev–Trinajstić information content (AvgIpc) is 3.05. The molecule has 1 aromatic heterocycles. The smallest absolute Gasteiger partial charge is 0.274 e. The highest BCUT2D eigenvalue weighted by atomic mass is 32.1. The van der Waals surface area contributed by atoms with Gasteiger partial charge in [-0.1, -0.05) is 60.7 Å². The molecule has 5 nitrogen and oxygen atoms in total. The molecule has 0 aliphatic carbocycles. The first-order chi connectivity index (χ1) is 13.7. The molecule has 4 rings (SSSR count). The summed E-state index contributed by atoms with van der Waals surface area (Å²) in [6.45, 7) is 0. The van der Waals surface area contributed by atoms with Crippen molar-refractivity contribution in [3.8, 4) is 12.1 Å². The number of fused-ring (bicyclic) bond motifs is 1. The van der Waals surface area contributed by atoms with Gasteiger partial charge < -0.3 is 5.73 Å². The van der Waals surface area contributed by atoms with Gasteiger partial charge in [0.05, 0.1) is 33.7 Å². The largest absolute Gasteiger partial charge is 0.384 e. The summed E-state index contributed by atoms with van der Waals surface area (Å²) in [7, 11) is 0. The first-order valence-electron chi connectivity index (χ1n) is 8.53. The number of rotatable bonds is 2. The van der Waals surface area contributed by atoms with Crippen molar-refractivity contribution in [3.63, 3.8) is 0 Å². The molecule has 0 saturated carbocycles. The van der Waals surface area contributed by atoms with Crippen molar-refractivity contribution >= 4 is 28.8 Å². The number of nitriles is 2. The third-order valence-electron chi connectivity index (χ3n) is 4.62. The molecule has 2 aromatic carbocycles. The summed E-state index contributed by atoms with van der Waals surface area (Å²) in [6, 6.07) is 23.0. The Morgan fingerprint density at radius 2 is 1.57 bits per heavy atom. The van der Waals surface area contributed by atoms with Gasteiger partial charge in [-0.15, -0.1) is 11.3 Å². The predicted octanol–water partition coefficient (Wildman–Crippen LogP) is 1.86. The number of aromatic nitrogens is 1. The molecule has 0 radical (unpaired) electrons. The van der Waals surface area contributed by atoms with Crippen molar-refractivity contribution in [2.45, 2.75) is 5.92 Å². The van der Waals surface area contributed by atoms with Crippen LogP contribution >= 0.6 is 11.3 Å². The lowest BCUT2D eigenvalue weighted by Crippen LogP contribution is -2.38. The Morgan fingerprint density at radius 3 is 2.18 bits per heavy atom. The maximum atomic E-state index is 13.0. The maximum absolute atomic E-state index is 13.0. The lowest BCUT2D eigenvalue weighted by molar-refractivity contribution is 0.906. The summed E-state index contributed by atoms with van der Waals surface area (Å²) < 4.78 is 2.22. The van der Waals surface area contributed by atoms with Gasteiger partial charge in [0.15, 0.2) is 0 Å². The minimum atomic E-state index is -0.584. The van der Waals surface area contributed by atoms with Crippen molar-refractivity contribution in [2.24, 2.45) is 5.73 Å². The van der Waals surface area contributed by atoms with E-state index in [1.54, 1.807) is 6.08 Å². The highest BCUT2D eigenvalue weighted by Gasteiger charge is 2.31. The molecule has 1 atom stereocenters. The van der Waals surface area contributed by atoms with Gasteiger partial charge in [0.1, 0.15) is 10.5 Å². The Balaban J connectivity index is 2.08. The second kappa shape index (κ2) is 7.03. The van der Waals surface area contributed by atoms with E-state index in [-0.39, 0.29) is 17.0 Å². The van der Waals surface area contributed by atoms with Gasteiger partial charge in [0, 0.05) is 0 Å². The molecule has 0 spiro atoms. The monoisotopic (exact) mass is 382 g/mol. The van der Waals surface area contributed by atoms with E-state index in [4.69, 9.17) is 5.73 Å². The van der Waals surface area contributed by atoms with Crippen LogP contribution in [0, 0.1) is 22.7 Å². The Labute approximate surface area is 164 Å². The van der Waals surface area contributed by atoms with E-state index in [2.05, 4.69) is 12.1 Å². The van der Waals surface area contributed by atoms with Crippen molar-refractivity contribution in [3.05, 3.63) is 96.9 Å². The summed E-state index contributed by atoms with van der Waals surface area (Å²) in [4.78, 5) is 13.0. The first kappa shape index (κ1) is 17.5. The molecule has 0 saturated heterocycles. The van der Waals surface area contributed by atoms with Crippen molar-refractivity contribution in [1.82, 2.24) is 4.57 Å². The third-order valence-corrected chi connectivity index (χ3v) is 5.73. The van der Waals surface area contributed by atoms with E-state index in [1.807, 2.05) is 60.7 Å². The van der Waals surface area contributed by atoms with Crippen LogP contribution in [0.2, 0.25) is 0 Å². The first-order valence-corrected chi connectivity index (χ1v) is 9.35. The Kier molecular flexibility index (Phi) is 4.41. The summed E-state index contributed by atoms with van der Waals surface area (Å²) in [6.07, 6.45) is 1.77. The fourth-order valence-electron chi connectivity index (χ4n) is 3.33. The molecular formula is C22H14N4OS. The summed E-state index contributed by atoms with van der Waals surface area (Å²) in [5.41, 5.74) is 8.15. The van der Waals surface area contributed by atoms with Gasteiger partial charge in [0.2, 0.25) is 0 Å². The second-order valence-corrected chi connectivity index (χ2v) is 7.28. The minimum absolute atomic E-state index is 0.0827. The summed E-state index contributed by atoms with van der Waals surface area (Å²) in [5.74, 6) is -0.502. The molecular weight excluding hydrogens is 368 g/mol. The van der Waals surface area contributed by atoms with Gasteiger partial charge in [-0.2, -0.15) is 10.5 Å². The highest BCUT2D eigenvalue weighted by Crippen LogP contribution is 2.35. The molecule has 1 aliphatic rings. The fourth-order valence-corrected chi connectivity index (χ4v) is 4.46. The van der Waals surface area contributed by atoms with Gasteiger partial charge in [0.25, 0.3) is 5.56 Å². The van der Waals surface area contributed by atoms with Gasteiger partial charge in [-0.25, -0.2) is 0 Å². The van der Waals surface area contributed by atoms with Crippen LogP contribution in [0.1, 0.15) is 17.0 Å². The van der Waals surface area contributed by atoms with Crippen LogP contribution in [-0.2, 0) is 0 Å². The molecule has 6 heteroatoms. The molecule has 3 aromatic rings. The lowest BCUT2D eigenvalue weighted by atomic mass is 9.84. The zero-order valence-corrected chi connectivity index (χ0v) is 15.5. The van der Waals surface area contributed by atoms with E-state index in [0.29, 0.717) is 14.8 Å². The van der Waals surface area contributed by atoms with Crippen molar-refractivity contribution < 1.29 is 0 Å². The minimum Gasteiger partial charge on any atom is -0.384 e. The van der Waals surface area contributed by atoms with Crippen LogP contribution < -0.4 is 20.5 Å². The molecule has 0 unspecified atom stereocenters. The molecule has 2 N–H and O–H groups in total. The normalized spacial score (nSPS) is 16.4. The number of benzene rings is 2. The zero-order chi connectivity index (χ0) is 19.7. The molecule has 0 fully saturated rings. The summed E-state index contributed by atoms with van der Waals surface area (Å²) in [5, 5.41) is 19.6. The van der Waals surface area contributed by atoms with Crippen LogP contribution in [0.4, 0.5) is 0 Å². The molecule has 1 aliphatic heterocycles. The van der Waals surface area contributed by atoms with E-state index < -0.39 is 5.92 Å². The highest BCUT2D eigenvalue weighted by molar-refractivity contribution is 7.07. The molecule has 0 bridgehead atoms. The predicted molar refractivity (Wildman–Crippen MR) is 109 cm³/mol. The van der Waals surface area contributed by atoms with Crippen LogP contribution in [0.5, 0.6) is 0 Å². The van der Waals surface area contributed by atoms with Crippen LogP contribution in [0.3, 0.4) is 0 Å². The van der Waals surface area contributed by atoms with E-state index in [9.17, 15) is 15.3 Å². The molecule has 134 valence electrons. The SMILES string of the molecule is N#CC1=C(N)n2c(s/c(=C/c3ccccc3)c2=O)=C(C#N)[C@H]1c1ccccc1. The van der Waals surface area contributed by atoms with Crippen LogP contribution in [-0.4, -0.2) is 4.57 Å². The third kappa shape index (κ3) is 2.73. The number of hydrogen-bond acceptors (Lipinski definition) is 5. The number of nitrogens with two attached hydrogens (primary N) is 1. The molecule has 28 heavy (non-hydrogen) atoms. The molecule has 2 heterocycles. The van der Waals surface area contributed by atoms with Crippen LogP contribution in [0.25, 0.3) is 17.5 Å². The van der Waals surface area contributed by atoms with Gasteiger partial charge in [-0.3, -0.25) is 9.36 Å². The van der Waals surface area contributed by atoms with Crippen LogP contribution in [0.15, 0.2) is 71.0 Å². The Morgan fingerprint density at radius 1 is 0.964 bits per heavy atom. The van der Waals surface area contributed by atoms with Gasteiger partial charge >= 0.3 is 0 Å². The Bertz CT molecular complexity index is 1350. The summed E-state index contributed by atoms with van der Waals surface area (Å²) >= 11 is 1.22. The second-order valence-electron chi connectivity index (χ2n) is 6.25. The number of hydrogen-bond donors (Lipinski definition) is 1. The average molecular weight is 382 g/mol. The number of nitrogens with zero attached hydrogens (tertiary/aromatic N) is 3. The van der Waals surface area contributed by atoms with E-state index in [1.165, 1.54) is 15.9 Å². The number of thiazole rings is 1. The van der Waals surface area contributed by atoms with Gasteiger partial charge in [-0.05, 0) is 17.2 Å². The zero-order valence-electron chi connectivity index (χ0n) is 14.7. The fraction of sp³-hybridized carbons (Fsp3) is 0.0455. The van der Waals surface area contributed by atoms with Crippen molar-refractivity contribution in [2.75, 3.05) is 0 Å². The number of allylic oxidation sites excluding steroid dienone is 1.